The maximum atomic E-state index is 2.28. The Labute approximate surface area is 66.7 Å². The Morgan fingerprint density at radius 3 is 2.18 bits per heavy atom. The van der Waals surface area contributed by atoms with Crippen LogP contribution in [0.1, 0.15) is 18.4 Å². The Bertz CT molecular complexity index is 243. The first-order valence-corrected chi connectivity index (χ1v) is 3.70. The van der Waals surface area contributed by atoms with E-state index in [4.69, 9.17) is 0 Å². The van der Waals surface area contributed by atoms with E-state index in [1.807, 2.05) is 0 Å². The Morgan fingerprint density at radius 1 is 1.00 bits per heavy atom. The molecule has 1 aliphatic rings. The van der Waals surface area contributed by atoms with E-state index in [0.717, 1.165) is 0 Å². The molecule has 1 aliphatic carbocycles. The molecule has 1 aromatic rings. The summed E-state index contributed by atoms with van der Waals surface area (Å²) in [6.07, 6.45) is 4.91. The standard InChI is InChI=1S/C10H10.H2O/c1-2-4-9(5-3-1)8-10-6-7-10;/h1-5,8H,6-7H2;1H2. The molecule has 1 aromatic carbocycles. The highest BCUT2D eigenvalue weighted by molar-refractivity contribution is 5.55. The van der Waals surface area contributed by atoms with Crippen molar-refractivity contribution >= 4 is 6.08 Å². The van der Waals surface area contributed by atoms with Crippen LogP contribution < -0.4 is 0 Å². The molecule has 0 atom stereocenters. The number of hydrogen-bond acceptors (Lipinski definition) is 0. The third-order valence-electron chi connectivity index (χ3n) is 1.71. The van der Waals surface area contributed by atoms with Gasteiger partial charge in [-0.05, 0) is 18.4 Å². The van der Waals surface area contributed by atoms with Crippen molar-refractivity contribution in [2.75, 3.05) is 0 Å². The molecule has 2 rings (SSSR count). The second-order valence-corrected chi connectivity index (χ2v) is 2.71. The summed E-state index contributed by atoms with van der Waals surface area (Å²) in [5.74, 6) is 0. The summed E-state index contributed by atoms with van der Waals surface area (Å²) in [6.45, 7) is 0. The summed E-state index contributed by atoms with van der Waals surface area (Å²) in [6, 6.07) is 10.5. The van der Waals surface area contributed by atoms with Crippen molar-refractivity contribution in [3.63, 3.8) is 0 Å². The molecule has 0 heterocycles. The van der Waals surface area contributed by atoms with Crippen molar-refractivity contribution in [1.82, 2.24) is 0 Å². The fraction of sp³-hybridized carbons (Fsp3) is 0.200. The molecule has 1 heteroatoms. The van der Waals surface area contributed by atoms with Crippen LogP contribution in [-0.2, 0) is 0 Å². The van der Waals surface area contributed by atoms with E-state index >= 15 is 0 Å². The number of allylic oxidation sites excluding steroid dienone is 1. The van der Waals surface area contributed by atoms with E-state index in [-0.39, 0.29) is 5.48 Å². The average Bonchev–Trinajstić information content (AvgIpc) is 2.74. The molecule has 11 heavy (non-hydrogen) atoms. The normalized spacial score (nSPS) is 13.6. The van der Waals surface area contributed by atoms with Gasteiger partial charge in [0, 0.05) is 0 Å². The van der Waals surface area contributed by atoms with Crippen molar-refractivity contribution in [3.05, 3.63) is 41.5 Å². The Kier molecular flexibility index (Phi) is 2.44. The molecule has 58 valence electrons. The highest BCUT2D eigenvalue weighted by Crippen LogP contribution is 2.29. The van der Waals surface area contributed by atoms with Crippen LogP contribution in [0, 0.1) is 0 Å². The SMILES string of the molecule is C(=C1CC1)c1ccccc1.O. The maximum absolute atomic E-state index is 2.28. The second kappa shape index (κ2) is 3.35. The quantitative estimate of drug-likeness (QED) is 0.583. The van der Waals surface area contributed by atoms with Crippen molar-refractivity contribution in [3.8, 4) is 0 Å². The number of rotatable bonds is 1. The van der Waals surface area contributed by atoms with E-state index in [1.54, 1.807) is 5.57 Å². The Balaban J connectivity index is 0.000000605. The molecule has 0 saturated heterocycles. The van der Waals surface area contributed by atoms with Gasteiger partial charge in [-0.3, -0.25) is 0 Å². The highest BCUT2D eigenvalue weighted by atomic mass is 16.0. The third kappa shape index (κ3) is 2.20. The van der Waals surface area contributed by atoms with Crippen LogP contribution in [0.2, 0.25) is 0 Å². The smallest absolute Gasteiger partial charge is 0.0257 e. The Morgan fingerprint density at radius 2 is 1.64 bits per heavy atom. The molecule has 1 fully saturated rings. The van der Waals surface area contributed by atoms with Crippen molar-refractivity contribution in [2.45, 2.75) is 12.8 Å². The van der Waals surface area contributed by atoms with Gasteiger partial charge in [-0.25, -0.2) is 0 Å². The van der Waals surface area contributed by atoms with Gasteiger partial charge in [0.05, 0.1) is 0 Å². The molecule has 1 saturated carbocycles. The van der Waals surface area contributed by atoms with Gasteiger partial charge in [-0.15, -0.1) is 0 Å². The summed E-state index contributed by atoms with van der Waals surface area (Å²) >= 11 is 0. The zero-order chi connectivity index (χ0) is 6.81. The van der Waals surface area contributed by atoms with Gasteiger partial charge in [0.15, 0.2) is 0 Å². The summed E-state index contributed by atoms with van der Waals surface area (Å²) < 4.78 is 0. The molecule has 0 unspecified atom stereocenters. The lowest BCUT2D eigenvalue weighted by atomic mass is 10.2. The fourth-order valence-corrected chi connectivity index (χ4v) is 1.00. The molecule has 0 radical (unpaired) electrons. The lowest BCUT2D eigenvalue weighted by molar-refractivity contribution is 0.824. The number of hydrogen-bond donors (Lipinski definition) is 0. The molecule has 0 aliphatic heterocycles. The summed E-state index contributed by atoms with van der Waals surface area (Å²) in [4.78, 5) is 0. The zero-order valence-electron chi connectivity index (χ0n) is 6.38. The first-order valence-electron chi connectivity index (χ1n) is 3.70. The molecular weight excluding hydrogens is 136 g/mol. The van der Waals surface area contributed by atoms with Crippen molar-refractivity contribution in [2.24, 2.45) is 0 Å². The minimum atomic E-state index is 0. The minimum Gasteiger partial charge on any atom is -0.412 e. The van der Waals surface area contributed by atoms with Gasteiger partial charge in [0.25, 0.3) is 0 Å². The minimum absolute atomic E-state index is 0. The molecule has 0 amide bonds. The van der Waals surface area contributed by atoms with E-state index in [2.05, 4.69) is 36.4 Å². The monoisotopic (exact) mass is 148 g/mol. The van der Waals surface area contributed by atoms with E-state index in [1.165, 1.54) is 18.4 Å². The lowest BCUT2D eigenvalue weighted by Crippen LogP contribution is -1.66. The molecule has 2 N–H and O–H groups in total. The van der Waals surface area contributed by atoms with Crippen LogP contribution in [0.5, 0.6) is 0 Å². The predicted molar refractivity (Wildman–Crippen MR) is 47.3 cm³/mol. The van der Waals surface area contributed by atoms with Crippen LogP contribution in [0.4, 0.5) is 0 Å². The van der Waals surface area contributed by atoms with E-state index in [9.17, 15) is 0 Å². The number of benzene rings is 1. The predicted octanol–water partition coefficient (Wildman–Crippen LogP) is 2.04. The first kappa shape index (κ1) is 8.02. The third-order valence-corrected chi connectivity index (χ3v) is 1.71. The van der Waals surface area contributed by atoms with Gasteiger partial charge in [-0.2, -0.15) is 0 Å². The second-order valence-electron chi connectivity index (χ2n) is 2.71. The van der Waals surface area contributed by atoms with Gasteiger partial charge >= 0.3 is 0 Å². The lowest BCUT2D eigenvalue weighted by Gasteiger charge is -1.87. The van der Waals surface area contributed by atoms with Gasteiger partial charge in [-0.1, -0.05) is 42.0 Å². The van der Waals surface area contributed by atoms with Gasteiger partial charge in [0.2, 0.25) is 0 Å². The average molecular weight is 148 g/mol. The van der Waals surface area contributed by atoms with Gasteiger partial charge < -0.3 is 5.48 Å². The summed E-state index contributed by atoms with van der Waals surface area (Å²) in [5, 5.41) is 0. The van der Waals surface area contributed by atoms with Crippen molar-refractivity contribution < 1.29 is 5.48 Å². The van der Waals surface area contributed by atoms with Crippen molar-refractivity contribution in [1.29, 1.82) is 0 Å². The molecule has 1 nitrogen and oxygen atoms in total. The largest absolute Gasteiger partial charge is 0.412 e. The summed E-state index contributed by atoms with van der Waals surface area (Å²) in [5.41, 5.74) is 2.93. The summed E-state index contributed by atoms with van der Waals surface area (Å²) in [7, 11) is 0. The van der Waals surface area contributed by atoms with E-state index in [0.29, 0.717) is 0 Å². The van der Waals surface area contributed by atoms with E-state index < -0.39 is 0 Å². The van der Waals surface area contributed by atoms with Crippen LogP contribution in [0.25, 0.3) is 6.08 Å². The topological polar surface area (TPSA) is 31.5 Å². The maximum Gasteiger partial charge on any atom is -0.0257 e. The van der Waals surface area contributed by atoms with Crippen LogP contribution in [0.3, 0.4) is 0 Å². The van der Waals surface area contributed by atoms with Gasteiger partial charge in [0.1, 0.15) is 0 Å². The van der Waals surface area contributed by atoms with Crippen LogP contribution in [0.15, 0.2) is 35.9 Å². The Hall–Kier alpha value is -1.08. The molecule has 0 spiro atoms. The molecular formula is C10H12O. The molecule has 0 aromatic heterocycles. The zero-order valence-corrected chi connectivity index (χ0v) is 6.38. The molecule has 0 bridgehead atoms. The first-order chi connectivity index (χ1) is 4.95. The highest BCUT2D eigenvalue weighted by Gasteiger charge is 2.09. The fourth-order valence-electron chi connectivity index (χ4n) is 1.00. The van der Waals surface area contributed by atoms with Crippen LogP contribution in [-0.4, -0.2) is 5.48 Å². The van der Waals surface area contributed by atoms with Crippen LogP contribution >= 0.6 is 0 Å².